The van der Waals surface area contributed by atoms with E-state index < -0.39 is 0 Å². The van der Waals surface area contributed by atoms with Crippen molar-refractivity contribution in [3.05, 3.63) is 52.3 Å². The number of aromatic nitrogens is 1. The zero-order valence-corrected chi connectivity index (χ0v) is 11.7. The van der Waals surface area contributed by atoms with Gasteiger partial charge in [0.2, 0.25) is 0 Å². The lowest BCUT2D eigenvalue weighted by molar-refractivity contribution is 0.120. The molecular weight excluding hydrogens is 269 g/mol. The molecule has 1 aromatic carbocycles. The molecule has 2 nitrogen and oxygen atoms in total. The minimum atomic E-state index is -0.00236. The van der Waals surface area contributed by atoms with Crippen molar-refractivity contribution in [2.45, 2.75) is 13.0 Å². The molecule has 0 aliphatic heterocycles. The van der Waals surface area contributed by atoms with Gasteiger partial charge in [0.1, 0.15) is 0 Å². The van der Waals surface area contributed by atoms with Crippen molar-refractivity contribution in [1.29, 1.82) is 0 Å². The zero-order chi connectivity index (χ0) is 13.1. The van der Waals surface area contributed by atoms with Crippen molar-refractivity contribution in [1.82, 2.24) is 4.98 Å². The topological polar surface area (TPSA) is 22.1 Å². The maximum absolute atomic E-state index is 6.05. The summed E-state index contributed by atoms with van der Waals surface area (Å²) in [6.45, 7) is 2.00. The number of ether oxygens (including phenoxy) is 1. The molecule has 0 amide bonds. The lowest BCUT2D eigenvalue weighted by atomic mass is 9.99. The highest BCUT2D eigenvalue weighted by Gasteiger charge is 2.12. The zero-order valence-electron chi connectivity index (χ0n) is 10.2. The molecule has 4 heteroatoms. The minimum absolute atomic E-state index is 0.00236. The lowest BCUT2D eigenvalue weighted by Crippen LogP contribution is -1.99. The number of methoxy groups -OCH3 is 1. The molecule has 0 fully saturated rings. The van der Waals surface area contributed by atoms with E-state index in [4.69, 9.17) is 27.9 Å². The Bertz CT molecular complexity index is 557. The first kappa shape index (κ1) is 13.3. The molecular formula is C14H13Cl2NO. The maximum atomic E-state index is 6.05. The van der Waals surface area contributed by atoms with E-state index in [-0.39, 0.29) is 6.10 Å². The van der Waals surface area contributed by atoms with Crippen LogP contribution >= 0.6 is 23.2 Å². The average molecular weight is 282 g/mol. The molecule has 0 bridgehead atoms. The molecule has 0 spiro atoms. The van der Waals surface area contributed by atoms with Crippen molar-refractivity contribution in [2.24, 2.45) is 0 Å². The average Bonchev–Trinajstić information content (AvgIpc) is 2.41. The van der Waals surface area contributed by atoms with Crippen LogP contribution in [0.15, 0.2) is 36.7 Å². The Morgan fingerprint density at radius 1 is 1.17 bits per heavy atom. The third-order valence-electron chi connectivity index (χ3n) is 2.88. The fourth-order valence-corrected chi connectivity index (χ4v) is 2.09. The molecule has 2 aromatic rings. The molecule has 18 heavy (non-hydrogen) atoms. The van der Waals surface area contributed by atoms with Gasteiger partial charge in [-0.05, 0) is 36.2 Å². The first-order valence-corrected chi connectivity index (χ1v) is 6.31. The van der Waals surface area contributed by atoms with E-state index in [0.29, 0.717) is 10.0 Å². The number of benzene rings is 1. The quantitative estimate of drug-likeness (QED) is 0.809. The van der Waals surface area contributed by atoms with E-state index in [1.54, 1.807) is 19.4 Å². The third-order valence-corrected chi connectivity index (χ3v) is 3.62. The molecule has 0 saturated carbocycles. The monoisotopic (exact) mass is 281 g/mol. The Morgan fingerprint density at radius 3 is 2.61 bits per heavy atom. The molecule has 0 radical (unpaired) electrons. The summed E-state index contributed by atoms with van der Waals surface area (Å²) in [5.74, 6) is 0. The fraction of sp³-hybridized carbons (Fsp3) is 0.214. The van der Waals surface area contributed by atoms with E-state index in [1.807, 2.05) is 31.3 Å². The number of hydrogen-bond acceptors (Lipinski definition) is 2. The molecule has 0 aliphatic rings. The molecule has 1 heterocycles. The van der Waals surface area contributed by atoms with Crippen LogP contribution in [0, 0.1) is 0 Å². The van der Waals surface area contributed by atoms with Gasteiger partial charge in [0.15, 0.2) is 0 Å². The summed E-state index contributed by atoms with van der Waals surface area (Å²) in [4.78, 5) is 4.16. The Balaban J connectivity index is 2.53. The van der Waals surface area contributed by atoms with Crippen molar-refractivity contribution >= 4 is 23.2 Å². The van der Waals surface area contributed by atoms with E-state index >= 15 is 0 Å². The summed E-state index contributed by atoms with van der Waals surface area (Å²) in [5.41, 5.74) is 3.06. The van der Waals surface area contributed by atoms with Crippen LogP contribution in [0.5, 0.6) is 0 Å². The van der Waals surface area contributed by atoms with Gasteiger partial charge >= 0.3 is 0 Å². The molecule has 0 aliphatic carbocycles. The molecule has 1 atom stereocenters. The predicted molar refractivity (Wildman–Crippen MR) is 75.1 cm³/mol. The highest BCUT2D eigenvalue weighted by Crippen LogP contribution is 2.32. The van der Waals surface area contributed by atoms with Crippen LogP contribution in [0.2, 0.25) is 10.0 Å². The van der Waals surface area contributed by atoms with Crippen LogP contribution in [0.1, 0.15) is 18.6 Å². The minimum Gasteiger partial charge on any atom is -0.377 e. The van der Waals surface area contributed by atoms with Crippen molar-refractivity contribution in [3.63, 3.8) is 0 Å². The van der Waals surface area contributed by atoms with Crippen LogP contribution < -0.4 is 0 Å². The molecule has 0 saturated heterocycles. The van der Waals surface area contributed by atoms with Gasteiger partial charge in [-0.3, -0.25) is 4.98 Å². The van der Waals surface area contributed by atoms with Gasteiger partial charge in [-0.1, -0.05) is 29.3 Å². The Hall–Kier alpha value is -1.09. The van der Waals surface area contributed by atoms with Gasteiger partial charge in [-0.2, -0.15) is 0 Å². The molecule has 1 unspecified atom stereocenters. The summed E-state index contributed by atoms with van der Waals surface area (Å²) in [5, 5.41) is 1.08. The van der Waals surface area contributed by atoms with Gasteiger partial charge in [-0.15, -0.1) is 0 Å². The molecule has 0 N–H and O–H groups in total. The number of nitrogens with zero attached hydrogens (tertiary/aromatic N) is 1. The van der Waals surface area contributed by atoms with Gasteiger partial charge in [0.25, 0.3) is 0 Å². The first-order valence-electron chi connectivity index (χ1n) is 5.55. The second-order valence-electron chi connectivity index (χ2n) is 3.97. The van der Waals surface area contributed by atoms with E-state index in [1.165, 1.54) is 0 Å². The normalized spacial score (nSPS) is 12.4. The highest BCUT2D eigenvalue weighted by molar-refractivity contribution is 6.42. The summed E-state index contributed by atoms with van der Waals surface area (Å²) in [6, 6.07) is 7.50. The van der Waals surface area contributed by atoms with Crippen LogP contribution in [0.25, 0.3) is 11.1 Å². The predicted octanol–water partition coefficient (Wildman–Crippen LogP) is 4.76. The number of pyridine rings is 1. The van der Waals surface area contributed by atoms with Crippen molar-refractivity contribution < 1.29 is 4.74 Å². The summed E-state index contributed by atoms with van der Waals surface area (Å²) >= 11 is 12.0. The van der Waals surface area contributed by atoms with E-state index in [2.05, 4.69) is 4.98 Å². The van der Waals surface area contributed by atoms with Gasteiger partial charge < -0.3 is 4.74 Å². The van der Waals surface area contributed by atoms with Crippen molar-refractivity contribution in [3.8, 4) is 11.1 Å². The number of halogens is 2. The SMILES string of the molecule is COC(C)c1ccncc1-c1ccc(Cl)c(Cl)c1. The van der Waals surface area contributed by atoms with E-state index in [0.717, 1.165) is 16.7 Å². The Kier molecular flexibility index (Phi) is 4.23. The third kappa shape index (κ3) is 2.66. The van der Waals surface area contributed by atoms with Crippen LogP contribution in [-0.4, -0.2) is 12.1 Å². The number of hydrogen-bond donors (Lipinski definition) is 0. The second-order valence-corrected chi connectivity index (χ2v) is 4.78. The summed E-state index contributed by atoms with van der Waals surface area (Å²) < 4.78 is 5.37. The van der Waals surface area contributed by atoms with Crippen LogP contribution in [0.4, 0.5) is 0 Å². The molecule has 94 valence electrons. The number of rotatable bonds is 3. The first-order chi connectivity index (χ1) is 8.63. The van der Waals surface area contributed by atoms with Crippen molar-refractivity contribution in [2.75, 3.05) is 7.11 Å². The highest BCUT2D eigenvalue weighted by atomic mass is 35.5. The van der Waals surface area contributed by atoms with Crippen LogP contribution in [-0.2, 0) is 4.74 Å². The van der Waals surface area contributed by atoms with Crippen LogP contribution in [0.3, 0.4) is 0 Å². The maximum Gasteiger partial charge on any atom is 0.0800 e. The largest absolute Gasteiger partial charge is 0.377 e. The van der Waals surface area contributed by atoms with Gasteiger partial charge in [0, 0.05) is 25.1 Å². The smallest absolute Gasteiger partial charge is 0.0800 e. The summed E-state index contributed by atoms with van der Waals surface area (Å²) in [7, 11) is 1.68. The lowest BCUT2D eigenvalue weighted by Gasteiger charge is -2.15. The molecule has 1 aromatic heterocycles. The van der Waals surface area contributed by atoms with Gasteiger partial charge in [-0.25, -0.2) is 0 Å². The Morgan fingerprint density at radius 2 is 1.94 bits per heavy atom. The molecule has 2 rings (SSSR count). The standard InChI is InChI=1S/C14H13Cl2NO/c1-9(18-2)11-5-6-17-8-12(11)10-3-4-13(15)14(16)7-10/h3-9H,1-2H3. The second kappa shape index (κ2) is 5.70. The van der Waals surface area contributed by atoms with E-state index in [9.17, 15) is 0 Å². The summed E-state index contributed by atoms with van der Waals surface area (Å²) in [6.07, 6.45) is 3.56. The fourth-order valence-electron chi connectivity index (χ4n) is 1.79. The Labute approximate surface area is 117 Å². The van der Waals surface area contributed by atoms with Gasteiger partial charge in [0.05, 0.1) is 16.1 Å².